The molecule has 0 fully saturated rings. The zero-order valence-corrected chi connectivity index (χ0v) is 13.3. The number of hydrogen-bond acceptors (Lipinski definition) is 4. The summed E-state index contributed by atoms with van der Waals surface area (Å²) in [6.07, 6.45) is 1.66. The summed E-state index contributed by atoms with van der Waals surface area (Å²) in [5.74, 6) is 0.563. The second-order valence-corrected chi connectivity index (χ2v) is 5.28. The van der Waals surface area contributed by atoms with Crippen molar-refractivity contribution in [3.8, 4) is 0 Å². The van der Waals surface area contributed by atoms with Crippen LogP contribution < -0.4 is 5.32 Å². The van der Waals surface area contributed by atoms with Crippen molar-refractivity contribution in [2.24, 2.45) is 5.92 Å². The van der Waals surface area contributed by atoms with Gasteiger partial charge in [-0.3, -0.25) is 0 Å². The van der Waals surface area contributed by atoms with Gasteiger partial charge in [-0.25, -0.2) is 8.78 Å². The number of hydrogen-bond donors (Lipinski definition) is 2. The molecule has 0 bridgehead atoms. The Hall–Kier alpha value is -0.300. The lowest BCUT2D eigenvalue weighted by Gasteiger charge is -2.17. The summed E-state index contributed by atoms with van der Waals surface area (Å²) in [6.45, 7) is 5.81. The first-order chi connectivity index (χ1) is 10.1. The van der Waals surface area contributed by atoms with Gasteiger partial charge in [0, 0.05) is 19.7 Å². The van der Waals surface area contributed by atoms with Crippen molar-refractivity contribution in [2.75, 3.05) is 39.5 Å². The normalized spacial score (nSPS) is 14.6. The zero-order chi connectivity index (χ0) is 15.9. The first-order valence-electron chi connectivity index (χ1n) is 7.92. The van der Waals surface area contributed by atoms with Crippen LogP contribution in [0.5, 0.6) is 0 Å². The third kappa shape index (κ3) is 14.4. The Morgan fingerprint density at radius 1 is 1.10 bits per heavy atom. The third-order valence-electron chi connectivity index (χ3n) is 3.25. The Bertz CT molecular complexity index is 221. The van der Waals surface area contributed by atoms with E-state index in [-0.39, 0.29) is 6.61 Å². The number of unbranched alkanes of at least 4 members (excludes halogenated alkanes) is 1. The molecule has 128 valence electrons. The largest absolute Gasteiger partial charge is 0.389 e. The van der Waals surface area contributed by atoms with E-state index in [2.05, 4.69) is 19.2 Å². The highest BCUT2D eigenvalue weighted by atomic mass is 19.3. The quantitative estimate of drug-likeness (QED) is 0.456. The number of aliphatic hydroxyl groups is 1. The molecule has 6 heteroatoms. The lowest BCUT2D eigenvalue weighted by molar-refractivity contribution is 0.0109. The summed E-state index contributed by atoms with van der Waals surface area (Å²) in [6, 6.07) is 0. The van der Waals surface area contributed by atoms with Gasteiger partial charge in [0.2, 0.25) is 0 Å². The number of nitrogens with one attached hydrogen (secondary N) is 1. The van der Waals surface area contributed by atoms with Crippen LogP contribution in [0.15, 0.2) is 0 Å². The van der Waals surface area contributed by atoms with E-state index in [0.29, 0.717) is 32.2 Å². The summed E-state index contributed by atoms with van der Waals surface area (Å²) in [7, 11) is 0. The Kier molecular flexibility index (Phi) is 14.4. The van der Waals surface area contributed by atoms with E-state index < -0.39 is 19.1 Å². The van der Waals surface area contributed by atoms with Gasteiger partial charge in [-0.15, -0.1) is 0 Å². The monoisotopic (exact) mass is 311 g/mol. The van der Waals surface area contributed by atoms with Gasteiger partial charge in [0.1, 0.15) is 6.61 Å². The fourth-order valence-electron chi connectivity index (χ4n) is 1.91. The average Bonchev–Trinajstić information content (AvgIpc) is 2.46. The van der Waals surface area contributed by atoms with Crippen LogP contribution in [0.1, 0.15) is 39.5 Å². The van der Waals surface area contributed by atoms with Gasteiger partial charge in [0.15, 0.2) is 0 Å². The smallest absolute Gasteiger partial charge is 0.261 e. The molecule has 0 aliphatic rings. The Labute approximate surface area is 127 Å². The number of aliphatic hydroxyl groups excluding tert-OH is 1. The van der Waals surface area contributed by atoms with E-state index >= 15 is 0 Å². The molecule has 2 N–H and O–H groups in total. The van der Waals surface area contributed by atoms with E-state index in [1.165, 1.54) is 19.3 Å². The number of ether oxygens (including phenoxy) is 2. The number of alkyl halides is 2. The minimum absolute atomic E-state index is 0.215. The van der Waals surface area contributed by atoms with Crippen molar-refractivity contribution in [3.05, 3.63) is 0 Å². The second-order valence-electron chi connectivity index (χ2n) is 5.28. The molecule has 2 atom stereocenters. The lowest BCUT2D eigenvalue weighted by Crippen LogP contribution is -2.33. The molecule has 0 aromatic heterocycles. The van der Waals surface area contributed by atoms with E-state index in [9.17, 15) is 13.9 Å². The maximum atomic E-state index is 11.8. The van der Waals surface area contributed by atoms with Gasteiger partial charge in [0.05, 0.1) is 19.3 Å². The summed E-state index contributed by atoms with van der Waals surface area (Å²) in [5.41, 5.74) is 0. The fraction of sp³-hybridized carbons (Fsp3) is 1.00. The van der Waals surface area contributed by atoms with Gasteiger partial charge < -0.3 is 19.9 Å². The van der Waals surface area contributed by atoms with Crippen LogP contribution in [0.25, 0.3) is 0 Å². The van der Waals surface area contributed by atoms with Crippen LogP contribution in [-0.2, 0) is 9.47 Å². The zero-order valence-electron chi connectivity index (χ0n) is 13.3. The maximum Gasteiger partial charge on any atom is 0.261 e. The molecule has 0 aromatic carbocycles. The lowest BCUT2D eigenvalue weighted by atomic mass is 10.0. The van der Waals surface area contributed by atoms with Gasteiger partial charge >= 0.3 is 0 Å². The van der Waals surface area contributed by atoms with E-state index in [4.69, 9.17) is 9.47 Å². The molecule has 0 rings (SSSR count). The highest BCUT2D eigenvalue weighted by Gasteiger charge is 2.09. The van der Waals surface area contributed by atoms with Crippen molar-refractivity contribution >= 4 is 0 Å². The molecule has 4 nitrogen and oxygen atoms in total. The molecule has 0 saturated carbocycles. The number of halogens is 2. The van der Waals surface area contributed by atoms with Crippen molar-refractivity contribution in [1.29, 1.82) is 0 Å². The molecule has 0 aliphatic carbocycles. The molecule has 0 radical (unpaired) electrons. The minimum Gasteiger partial charge on any atom is -0.389 e. The first kappa shape index (κ1) is 20.7. The van der Waals surface area contributed by atoms with Gasteiger partial charge in [-0.2, -0.15) is 0 Å². The molecular formula is C15H31F2NO3. The molecule has 0 spiro atoms. The standard InChI is InChI=1S/C15H31F2NO3/c1-3-5-6-13(4-2)10-21-11-14(19)9-18-7-8-20-12-15(16)17/h13-15,18-19H,3-12H2,1-2H3. The second kappa shape index (κ2) is 14.6. The van der Waals surface area contributed by atoms with Crippen molar-refractivity contribution in [3.63, 3.8) is 0 Å². The Morgan fingerprint density at radius 2 is 1.86 bits per heavy atom. The highest BCUT2D eigenvalue weighted by molar-refractivity contribution is 4.60. The summed E-state index contributed by atoms with van der Waals surface area (Å²) in [5, 5.41) is 12.7. The van der Waals surface area contributed by atoms with Gasteiger partial charge in [0.25, 0.3) is 6.43 Å². The predicted molar refractivity (Wildman–Crippen MR) is 79.8 cm³/mol. The SMILES string of the molecule is CCCCC(CC)COCC(O)CNCCOCC(F)F. The van der Waals surface area contributed by atoms with Crippen LogP contribution in [-0.4, -0.2) is 57.2 Å². The Balaban J connectivity index is 3.42. The van der Waals surface area contributed by atoms with Crippen LogP contribution >= 0.6 is 0 Å². The molecular weight excluding hydrogens is 280 g/mol. The molecule has 0 heterocycles. The maximum absolute atomic E-state index is 11.8. The molecule has 0 aromatic rings. The summed E-state index contributed by atoms with van der Waals surface area (Å²) < 4.78 is 33.8. The van der Waals surface area contributed by atoms with Gasteiger partial charge in [-0.1, -0.05) is 33.1 Å². The summed E-state index contributed by atoms with van der Waals surface area (Å²) >= 11 is 0. The fourth-order valence-corrected chi connectivity index (χ4v) is 1.91. The third-order valence-corrected chi connectivity index (χ3v) is 3.25. The summed E-state index contributed by atoms with van der Waals surface area (Å²) in [4.78, 5) is 0. The van der Waals surface area contributed by atoms with E-state index in [0.717, 1.165) is 6.42 Å². The van der Waals surface area contributed by atoms with Crippen molar-refractivity contribution < 1.29 is 23.4 Å². The van der Waals surface area contributed by atoms with Crippen LogP contribution in [0.2, 0.25) is 0 Å². The van der Waals surface area contributed by atoms with E-state index in [1.54, 1.807) is 0 Å². The van der Waals surface area contributed by atoms with E-state index in [1.807, 2.05) is 0 Å². The molecule has 2 unspecified atom stereocenters. The van der Waals surface area contributed by atoms with Crippen molar-refractivity contribution in [1.82, 2.24) is 5.32 Å². The van der Waals surface area contributed by atoms with Gasteiger partial charge in [-0.05, 0) is 12.3 Å². The molecule has 21 heavy (non-hydrogen) atoms. The molecule has 0 aliphatic heterocycles. The first-order valence-corrected chi connectivity index (χ1v) is 7.92. The topological polar surface area (TPSA) is 50.7 Å². The van der Waals surface area contributed by atoms with Crippen LogP contribution in [0.3, 0.4) is 0 Å². The number of rotatable bonds is 15. The predicted octanol–water partition coefficient (Wildman–Crippen LogP) is 2.45. The Morgan fingerprint density at radius 3 is 2.48 bits per heavy atom. The average molecular weight is 311 g/mol. The highest BCUT2D eigenvalue weighted by Crippen LogP contribution is 2.12. The van der Waals surface area contributed by atoms with Crippen LogP contribution in [0, 0.1) is 5.92 Å². The van der Waals surface area contributed by atoms with Crippen LogP contribution in [0.4, 0.5) is 8.78 Å². The molecule has 0 saturated heterocycles. The minimum atomic E-state index is -2.43. The molecule has 0 amide bonds. The van der Waals surface area contributed by atoms with Crippen molar-refractivity contribution in [2.45, 2.75) is 52.1 Å².